The number of ketones is 1. The standard InChI is InChI=1S/C30H40O8/c1-12-35-29-21(9)26-24(20(8)30(29)37-38-32)16(4)17(5)25(36-26)14(2)13-22(31)23-15(3)18(6)27(33-10)28(34-11)19(23)7/h14,16,32H,12-13H2,1-11H3. The third kappa shape index (κ3) is 4.83. The van der Waals surface area contributed by atoms with Crippen molar-refractivity contribution in [3.8, 4) is 28.7 Å². The minimum atomic E-state index is -0.183. The molecule has 2 aromatic rings. The van der Waals surface area contributed by atoms with Crippen molar-refractivity contribution < 1.29 is 38.9 Å². The molecule has 2 aromatic carbocycles. The van der Waals surface area contributed by atoms with Gasteiger partial charge in [0.15, 0.2) is 23.0 Å². The third-order valence-electron chi connectivity index (χ3n) is 7.80. The molecule has 8 nitrogen and oxygen atoms in total. The number of hydrogen-bond acceptors (Lipinski definition) is 8. The fraction of sp³-hybridized carbons (Fsp3) is 0.500. The van der Waals surface area contributed by atoms with Crippen LogP contribution in [0.25, 0.3) is 0 Å². The van der Waals surface area contributed by atoms with E-state index in [1.54, 1.807) is 14.2 Å². The molecule has 0 fully saturated rings. The van der Waals surface area contributed by atoms with Gasteiger partial charge in [0.1, 0.15) is 11.5 Å². The molecule has 0 aromatic heterocycles. The van der Waals surface area contributed by atoms with Gasteiger partial charge in [0.05, 0.1) is 20.8 Å². The first kappa shape index (κ1) is 29.3. The van der Waals surface area contributed by atoms with Crippen molar-refractivity contribution in [1.82, 2.24) is 0 Å². The van der Waals surface area contributed by atoms with E-state index in [4.69, 9.17) is 29.1 Å². The molecule has 0 spiro atoms. The molecule has 2 unspecified atom stereocenters. The summed E-state index contributed by atoms with van der Waals surface area (Å²) < 4.78 is 23.6. The number of benzene rings is 2. The second kappa shape index (κ2) is 11.7. The van der Waals surface area contributed by atoms with Gasteiger partial charge in [0.25, 0.3) is 0 Å². The number of rotatable bonds is 10. The third-order valence-corrected chi connectivity index (χ3v) is 7.80. The van der Waals surface area contributed by atoms with Crippen LogP contribution in [0.2, 0.25) is 0 Å². The van der Waals surface area contributed by atoms with E-state index in [0.717, 1.165) is 44.7 Å². The zero-order valence-electron chi connectivity index (χ0n) is 24.4. The molecule has 1 aliphatic heterocycles. The van der Waals surface area contributed by atoms with Gasteiger partial charge >= 0.3 is 0 Å². The van der Waals surface area contributed by atoms with E-state index in [2.05, 4.69) is 12.0 Å². The molecule has 3 rings (SSSR count). The minimum Gasteiger partial charge on any atom is -0.493 e. The number of ether oxygens (including phenoxy) is 4. The molecule has 0 saturated heterocycles. The first-order valence-corrected chi connectivity index (χ1v) is 12.9. The van der Waals surface area contributed by atoms with Crippen LogP contribution >= 0.6 is 0 Å². The van der Waals surface area contributed by atoms with Gasteiger partial charge in [-0.15, -0.1) is 0 Å². The van der Waals surface area contributed by atoms with E-state index in [9.17, 15) is 4.79 Å². The molecular weight excluding hydrogens is 488 g/mol. The van der Waals surface area contributed by atoms with Crippen LogP contribution in [0.5, 0.6) is 28.7 Å². The van der Waals surface area contributed by atoms with Crippen LogP contribution in [0.1, 0.15) is 83.8 Å². The predicted octanol–water partition coefficient (Wildman–Crippen LogP) is 7.11. The second-order valence-corrected chi connectivity index (χ2v) is 9.96. The number of hydrogen-bond donors (Lipinski definition) is 1. The summed E-state index contributed by atoms with van der Waals surface area (Å²) >= 11 is 0. The Morgan fingerprint density at radius 2 is 1.50 bits per heavy atom. The monoisotopic (exact) mass is 528 g/mol. The van der Waals surface area contributed by atoms with Gasteiger partial charge in [-0.2, -0.15) is 0 Å². The maximum Gasteiger partial charge on any atom is 0.214 e. The normalized spacial score (nSPS) is 15.5. The molecule has 8 heteroatoms. The molecule has 208 valence electrons. The smallest absolute Gasteiger partial charge is 0.214 e. The van der Waals surface area contributed by atoms with Gasteiger partial charge in [-0.3, -0.25) is 4.79 Å². The highest BCUT2D eigenvalue weighted by atomic mass is 17.5. The lowest BCUT2D eigenvalue weighted by Gasteiger charge is -2.33. The molecule has 0 amide bonds. The summed E-state index contributed by atoms with van der Waals surface area (Å²) in [4.78, 5) is 18.8. The summed E-state index contributed by atoms with van der Waals surface area (Å²) in [7, 11) is 3.19. The summed E-state index contributed by atoms with van der Waals surface area (Å²) in [5, 5.41) is 13.0. The molecule has 1 N–H and O–H groups in total. The molecule has 38 heavy (non-hydrogen) atoms. The number of allylic oxidation sites excluding steroid dienone is 2. The quantitative estimate of drug-likeness (QED) is 0.198. The van der Waals surface area contributed by atoms with Gasteiger partial charge in [0.2, 0.25) is 5.75 Å². The first-order chi connectivity index (χ1) is 18.0. The van der Waals surface area contributed by atoms with E-state index < -0.39 is 0 Å². The predicted molar refractivity (Wildman–Crippen MR) is 145 cm³/mol. The Balaban J connectivity index is 2.04. The molecular formula is C30H40O8. The summed E-state index contributed by atoms with van der Waals surface area (Å²) in [6.07, 6.45) is 0.265. The Morgan fingerprint density at radius 1 is 0.895 bits per heavy atom. The van der Waals surface area contributed by atoms with Crippen LogP contribution in [0.15, 0.2) is 11.3 Å². The van der Waals surface area contributed by atoms with Crippen LogP contribution in [0.4, 0.5) is 0 Å². The molecule has 2 atom stereocenters. The highest BCUT2D eigenvalue weighted by Gasteiger charge is 2.35. The zero-order valence-corrected chi connectivity index (χ0v) is 24.4. The van der Waals surface area contributed by atoms with Crippen LogP contribution in [-0.2, 0) is 5.04 Å². The highest BCUT2D eigenvalue weighted by molar-refractivity contribution is 6.00. The van der Waals surface area contributed by atoms with E-state index in [0.29, 0.717) is 40.9 Å². The lowest BCUT2D eigenvalue weighted by Crippen LogP contribution is -2.22. The van der Waals surface area contributed by atoms with Crippen molar-refractivity contribution in [3.63, 3.8) is 0 Å². The maximum absolute atomic E-state index is 13.7. The molecule has 0 bridgehead atoms. The van der Waals surface area contributed by atoms with Gasteiger partial charge < -0.3 is 23.8 Å². The second-order valence-electron chi connectivity index (χ2n) is 9.96. The number of carbonyl (C=O) groups is 1. The van der Waals surface area contributed by atoms with Crippen LogP contribution < -0.4 is 23.8 Å². The largest absolute Gasteiger partial charge is 0.493 e. The molecule has 1 aliphatic rings. The topological polar surface area (TPSA) is 92.7 Å². The Hall–Kier alpha value is -3.23. The van der Waals surface area contributed by atoms with Gasteiger partial charge in [-0.05, 0) is 70.2 Å². The maximum atomic E-state index is 13.7. The van der Waals surface area contributed by atoms with Crippen LogP contribution in [-0.4, -0.2) is 31.9 Å². The van der Waals surface area contributed by atoms with Gasteiger partial charge in [-0.25, -0.2) is 5.26 Å². The van der Waals surface area contributed by atoms with Crippen molar-refractivity contribution in [3.05, 3.63) is 50.3 Å². The van der Waals surface area contributed by atoms with E-state index >= 15 is 0 Å². The SMILES string of the molecule is CCOc1c(C)c2c(c(C)c1OOO)C(C)C(C)=C(C(C)CC(=O)c1c(C)c(C)c(OC)c(OC)c1C)O2. The number of carbonyl (C=O) groups excluding carboxylic acids is 1. The average Bonchev–Trinajstić information content (AvgIpc) is 2.87. The summed E-state index contributed by atoms with van der Waals surface area (Å²) in [6.45, 7) is 17.9. The van der Waals surface area contributed by atoms with Gasteiger partial charge in [0, 0.05) is 46.1 Å². The van der Waals surface area contributed by atoms with Crippen LogP contribution in [0, 0.1) is 40.5 Å². The Morgan fingerprint density at radius 3 is 2.05 bits per heavy atom. The summed E-state index contributed by atoms with van der Waals surface area (Å²) in [5.74, 6) is 3.25. The first-order valence-electron chi connectivity index (χ1n) is 12.9. The Kier molecular flexibility index (Phi) is 9.00. The van der Waals surface area contributed by atoms with Crippen molar-refractivity contribution in [2.45, 2.75) is 74.7 Å². The number of Topliss-reactive ketones (excluding diaryl/α,β-unsaturated/α-hetero) is 1. The van der Waals surface area contributed by atoms with Crippen LogP contribution in [0.3, 0.4) is 0 Å². The molecule has 1 heterocycles. The van der Waals surface area contributed by atoms with Crippen molar-refractivity contribution in [2.75, 3.05) is 20.8 Å². The lowest BCUT2D eigenvalue weighted by molar-refractivity contribution is -0.439. The van der Waals surface area contributed by atoms with E-state index in [1.807, 2.05) is 55.4 Å². The fourth-order valence-corrected chi connectivity index (χ4v) is 5.63. The zero-order chi connectivity index (χ0) is 28.5. The number of methoxy groups -OCH3 is 2. The minimum absolute atomic E-state index is 0.0191. The van der Waals surface area contributed by atoms with E-state index in [-0.39, 0.29) is 24.0 Å². The highest BCUT2D eigenvalue weighted by Crippen LogP contribution is 2.52. The average molecular weight is 529 g/mol. The Labute approximate surface area is 225 Å². The lowest BCUT2D eigenvalue weighted by atomic mass is 9.82. The van der Waals surface area contributed by atoms with E-state index in [1.165, 1.54) is 0 Å². The molecule has 0 radical (unpaired) electrons. The molecule has 0 aliphatic carbocycles. The van der Waals surface area contributed by atoms with Crippen molar-refractivity contribution in [1.29, 1.82) is 0 Å². The van der Waals surface area contributed by atoms with Gasteiger partial charge in [-0.1, -0.05) is 13.8 Å². The Bertz CT molecular complexity index is 1270. The summed E-state index contributed by atoms with van der Waals surface area (Å²) in [6, 6.07) is 0. The van der Waals surface area contributed by atoms with Crippen molar-refractivity contribution in [2.24, 2.45) is 5.92 Å². The molecule has 0 saturated carbocycles. The number of fused-ring (bicyclic) bond motifs is 1. The summed E-state index contributed by atoms with van der Waals surface area (Å²) in [5.41, 5.74) is 6.64. The fourth-order valence-electron chi connectivity index (χ4n) is 5.63. The van der Waals surface area contributed by atoms with Crippen molar-refractivity contribution >= 4 is 5.78 Å².